The number of carbonyl (C=O) groups excluding carboxylic acids is 3. The van der Waals surface area contributed by atoms with E-state index >= 15 is 0 Å². The zero-order valence-corrected chi connectivity index (χ0v) is 32.1. The second kappa shape index (κ2) is 16.3. The third-order valence-corrected chi connectivity index (χ3v) is 12.1. The number of aryl methyl sites for hydroxylation is 1. The molecule has 4 aromatic carbocycles. The molecule has 3 heterocycles. The summed E-state index contributed by atoms with van der Waals surface area (Å²) in [5, 5.41) is 16.0. The van der Waals surface area contributed by atoms with Crippen molar-refractivity contribution in [1.82, 2.24) is 25.3 Å². The van der Waals surface area contributed by atoms with Crippen LogP contribution >= 0.6 is 0 Å². The Morgan fingerprint density at radius 1 is 0.911 bits per heavy atom. The number of piperazine rings is 1. The molecule has 3 amide bonds. The van der Waals surface area contributed by atoms with Gasteiger partial charge in [-0.25, -0.2) is 0 Å². The quantitative estimate of drug-likeness (QED) is 0.180. The molecule has 1 aliphatic carbocycles. The Balaban J connectivity index is 0.789. The van der Waals surface area contributed by atoms with E-state index in [-0.39, 0.29) is 29.7 Å². The van der Waals surface area contributed by atoms with E-state index in [0.717, 1.165) is 55.9 Å². The van der Waals surface area contributed by atoms with Crippen LogP contribution in [0.15, 0.2) is 103 Å². The third-order valence-electron chi connectivity index (χ3n) is 12.1. The van der Waals surface area contributed by atoms with Gasteiger partial charge in [-0.05, 0) is 102 Å². The van der Waals surface area contributed by atoms with E-state index < -0.39 is 6.04 Å². The van der Waals surface area contributed by atoms with Crippen molar-refractivity contribution in [2.24, 2.45) is 0 Å². The van der Waals surface area contributed by atoms with Crippen LogP contribution in [0.3, 0.4) is 0 Å². The molecule has 4 aromatic rings. The van der Waals surface area contributed by atoms with Crippen molar-refractivity contribution in [3.8, 4) is 11.5 Å². The highest BCUT2D eigenvalue weighted by Crippen LogP contribution is 2.47. The zero-order chi connectivity index (χ0) is 38.8. The zero-order valence-electron chi connectivity index (χ0n) is 32.1. The van der Waals surface area contributed by atoms with Gasteiger partial charge < -0.3 is 25.4 Å². The normalized spacial score (nSPS) is 21.9. The summed E-state index contributed by atoms with van der Waals surface area (Å²) in [6.07, 6.45) is 3.21. The average molecular weight is 754 g/mol. The van der Waals surface area contributed by atoms with Crippen LogP contribution in [-0.4, -0.2) is 88.9 Å². The number of phenols is 1. The van der Waals surface area contributed by atoms with Crippen LogP contribution in [0.2, 0.25) is 0 Å². The molecule has 3 aliphatic heterocycles. The molecule has 4 atom stereocenters. The number of fused-ring (bicyclic) bond motifs is 2. The number of carbonyl (C=O) groups is 3. The van der Waals surface area contributed by atoms with Gasteiger partial charge in [-0.2, -0.15) is 0 Å². The predicted molar refractivity (Wildman–Crippen MR) is 215 cm³/mol. The summed E-state index contributed by atoms with van der Waals surface area (Å²) < 4.78 is 6.31. The number of hydrogen-bond donors (Lipinski definition) is 3. The van der Waals surface area contributed by atoms with Gasteiger partial charge in [-0.1, -0.05) is 67.2 Å². The molecule has 0 aromatic heterocycles. The first kappa shape index (κ1) is 37.5. The van der Waals surface area contributed by atoms with Crippen molar-refractivity contribution in [3.05, 3.63) is 142 Å². The van der Waals surface area contributed by atoms with Gasteiger partial charge in [0, 0.05) is 62.5 Å². The monoisotopic (exact) mass is 753 g/mol. The maximum atomic E-state index is 13.1. The van der Waals surface area contributed by atoms with Gasteiger partial charge in [-0.15, -0.1) is 0 Å². The van der Waals surface area contributed by atoms with Gasteiger partial charge >= 0.3 is 0 Å². The lowest BCUT2D eigenvalue weighted by Crippen LogP contribution is -2.52. The number of hydrogen-bond acceptors (Lipinski definition) is 7. The van der Waals surface area contributed by atoms with Gasteiger partial charge in [0.2, 0.25) is 11.8 Å². The van der Waals surface area contributed by atoms with Gasteiger partial charge in [0.05, 0.1) is 6.54 Å². The van der Waals surface area contributed by atoms with Crippen LogP contribution in [0, 0.1) is 0 Å². The molecule has 1 unspecified atom stereocenters. The van der Waals surface area contributed by atoms with Crippen molar-refractivity contribution in [1.29, 1.82) is 0 Å². The Morgan fingerprint density at radius 3 is 2.46 bits per heavy atom. The van der Waals surface area contributed by atoms with Gasteiger partial charge in [0.15, 0.2) is 0 Å². The number of ether oxygens (including phenoxy) is 1. The number of benzene rings is 4. The summed E-state index contributed by atoms with van der Waals surface area (Å²) in [6, 6.07) is 30.5. The number of amides is 3. The lowest BCUT2D eigenvalue weighted by atomic mass is 9.69. The largest absolute Gasteiger partial charge is 0.508 e. The predicted octanol–water partition coefficient (Wildman–Crippen LogP) is 5.70. The molecule has 56 heavy (non-hydrogen) atoms. The molecule has 290 valence electrons. The lowest BCUT2D eigenvalue weighted by Gasteiger charge is -2.37. The smallest absolute Gasteiger partial charge is 0.255 e. The third kappa shape index (κ3) is 8.08. The number of aromatic hydroxyl groups is 1. The van der Waals surface area contributed by atoms with Crippen LogP contribution in [0.1, 0.15) is 81.8 Å². The first-order valence-corrected chi connectivity index (χ1v) is 19.9. The maximum Gasteiger partial charge on any atom is 0.255 e. The van der Waals surface area contributed by atoms with Crippen molar-refractivity contribution in [2.75, 3.05) is 39.3 Å². The first-order valence-electron chi connectivity index (χ1n) is 19.9. The standard InChI is InChI=1S/C46H51N5O5/c1-30-8-19-42(45(54)48-30)51-27-36-24-32(9-16-41(36)46(51)55)26-47-43(53)28-49-20-22-50(23-21-49)31(2)29-56-38-14-10-34(11-15-38)44-39(33-6-4-3-5-7-33)17-12-35-25-37(52)13-18-40(35)44/h3-7,9-11,13-16,18,24-25,31,39,42,44,52H,1,8,12,17,19-23,26-29H2,2H3,(H,47,53)(H,48,54)/t31-,39+,42?,44-/m1/s1. The Morgan fingerprint density at radius 2 is 1.70 bits per heavy atom. The SMILES string of the molecule is C=C1CCC(N2Cc3cc(CNC(=O)CN4CCN([C@H](C)COc5ccc([C@H]6c7ccc(O)cc7CC[C@H]6c6ccccc6)cc5)CC4)ccc3C2=O)C(=O)N1. The Kier molecular flexibility index (Phi) is 10.9. The second-order valence-corrected chi connectivity index (χ2v) is 15.8. The Labute approximate surface area is 329 Å². The summed E-state index contributed by atoms with van der Waals surface area (Å²) >= 11 is 0. The fraction of sp³-hybridized carbons (Fsp3) is 0.370. The minimum Gasteiger partial charge on any atom is -0.508 e. The summed E-state index contributed by atoms with van der Waals surface area (Å²) in [4.78, 5) is 44.8. The fourth-order valence-electron chi connectivity index (χ4n) is 9.01. The lowest BCUT2D eigenvalue weighted by molar-refractivity contribution is -0.126. The first-order chi connectivity index (χ1) is 27.2. The molecule has 0 spiro atoms. The number of allylic oxidation sites excluding steroid dienone is 1. The van der Waals surface area contributed by atoms with E-state index in [1.54, 1.807) is 4.90 Å². The van der Waals surface area contributed by atoms with Crippen molar-refractivity contribution >= 4 is 17.7 Å². The molecule has 0 bridgehead atoms. The molecule has 4 aliphatic rings. The highest BCUT2D eigenvalue weighted by atomic mass is 16.5. The number of phenolic OH excluding ortho intramolecular Hbond substituents is 1. The van der Waals surface area contributed by atoms with Crippen LogP contribution in [-0.2, 0) is 29.1 Å². The van der Waals surface area contributed by atoms with Crippen LogP contribution in [0.25, 0.3) is 0 Å². The Bertz CT molecular complexity index is 2090. The highest BCUT2D eigenvalue weighted by molar-refractivity contribution is 6.01. The summed E-state index contributed by atoms with van der Waals surface area (Å²) in [7, 11) is 0. The van der Waals surface area contributed by atoms with Crippen molar-refractivity contribution < 1.29 is 24.2 Å². The molecule has 10 nitrogen and oxygen atoms in total. The number of nitrogens with one attached hydrogen (secondary N) is 2. The summed E-state index contributed by atoms with van der Waals surface area (Å²) in [5.74, 6) is 1.40. The molecular weight excluding hydrogens is 703 g/mol. The maximum absolute atomic E-state index is 13.1. The topological polar surface area (TPSA) is 114 Å². The summed E-state index contributed by atoms with van der Waals surface area (Å²) in [6.45, 7) is 11.0. The highest BCUT2D eigenvalue weighted by Gasteiger charge is 2.38. The molecule has 0 radical (unpaired) electrons. The number of piperidine rings is 1. The Hall–Kier alpha value is -5.45. The van der Waals surface area contributed by atoms with E-state index in [1.807, 2.05) is 30.3 Å². The number of nitrogens with zero attached hydrogens (tertiary/aromatic N) is 3. The van der Waals surface area contributed by atoms with E-state index in [4.69, 9.17) is 4.74 Å². The van der Waals surface area contributed by atoms with E-state index in [9.17, 15) is 19.5 Å². The van der Waals surface area contributed by atoms with Crippen molar-refractivity contribution in [2.45, 2.75) is 69.6 Å². The number of rotatable bonds is 11. The van der Waals surface area contributed by atoms with Gasteiger partial charge in [-0.3, -0.25) is 24.2 Å². The summed E-state index contributed by atoms with van der Waals surface area (Å²) in [5.41, 5.74) is 8.22. The van der Waals surface area contributed by atoms with Gasteiger partial charge in [0.25, 0.3) is 5.91 Å². The van der Waals surface area contributed by atoms with E-state index in [1.165, 1.54) is 22.3 Å². The minimum absolute atomic E-state index is 0.0273. The fourth-order valence-corrected chi connectivity index (χ4v) is 9.01. The minimum atomic E-state index is -0.491. The average Bonchev–Trinajstić information content (AvgIpc) is 3.54. The molecule has 8 rings (SSSR count). The molecule has 2 fully saturated rings. The molecule has 3 N–H and O–H groups in total. The van der Waals surface area contributed by atoms with Crippen LogP contribution in [0.4, 0.5) is 0 Å². The molecule has 2 saturated heterocycles. The van der Waals surface area contributed by atoms with Crippen LogP contribution in [0.5, 0.6) is 11.5 Å². The molecule has 0 saturated carbocycles. The molecular formula is C46H51N5O5. The van der Waals surface area contributed by atoms with E-state index in [2.05, 4.69) is 94.6 Å². The molecule has 10 heteroatoms. The van der Waals surface area contributed by atoms with E-state index in [0.29, 0.717) is 62.0 Å². The van der Waals surface area contributed by atoms with Crippen molar-refractivity contribution in [3.63, 3.8) is 0 Å². The van der Waals surface area contributed by atoms with Crippen LogP contribution < -0.4 is 15.4 Å². The van der Waals surface area contributed by atoms with Gasteiger partial charge in [0.1, 0.15) is 24.1 Å². The second-order valence-electron chi connectivity index (χ2n) is 15.8.